The van der Waals surface area contributed by atoms with E-state index in [9.17, 15) is 18.0 Å². The maximum absolute atomic E-state index is 13.6. The first-order valence-electron chi connectivity index (χ1n) is 10.6. The Hall–Kier alpha value is -2.75. The molecule has 2 unspecified atom stereocenters. The van der Waals surface area contributed by atoms with Crippen LogP contribution in [0.5, 0.6) is 0 Å². The smallest absolute Gasteiger partial charge is 0.324 e. The van der Waals surface area contributed by atoms with Crippen LogP contribution in [0.4, 0.5) is 0 Å². The third kappa shape index (κ3) is 3.74. The standard InChI is InChI=1S/C24H26O8S/c1-29-21(25)23(22(26)30-2)19(17-9-5-3-6-10-17)15-33(27,28)16-20(23)24(31-13-14-32-24)18-11-7-4-8-12-18/h3-12,19-20H,13-16H2,1-2H3. The Morgan fingerprint density at radius 1 is 0.848 bits per heavy atom. The first-order valence-corrected chi connectivity index (χ1v) is 12.4. The number of sulfone groups is 1. The topological polar surface area (TPSA) is 105 Å². The van der Waals surface area contributed by atoms with Crippen molar-refractivity contribution in [3.05, 3.63) is 71.8 Å². The lowest BCUT2D eigenvalue weighted by atomic mass is 9.61. The maximum Gasteiger partial charge on any atom is 0.324 e. The Labute approximate surface area is 192 Å². The summed E-state index contributed by atoms with van der Waals surface area (Å²) in [6, 6.07) is 17.4. The Kier molecular flexibility index (Phi) is 6.30. The van der Waals surface area contributed by atoms with Crippen molar-refractivity contribution < 1.29 is 37.0 Å². The lowest BCUT2D eigenvalue weighted by Gasteiger charge is -2.50. The molecule has 0 bridgehead atoms. The number of hydrogen-bond donors (Lipinski definition) is 0. The second-order valence-corrected chi connectivity index (χ2v) is 10.3. The molecule has 33 heavy (non-hydrogen) atoms. The van der Waals surface area contributed by atoms with Gasteiger partial charge in [0, 0.05) is 11.5 Å². The zero-order chi connectivity index (χ0) is 23.7. The summed E-state index contributed by atoms with van der Waals surface area (Å²) in [4.78, 5) is 27.2. The molecule has 2 aromatic carbocycles. The lowest BCUT2D eigenvalue weighted by Crippen LogP contribution is -2.64. The van der Waals surface area contributed by atoms with Gasteiger partial charge in [-0.1, -0.05) is 60.7 Å². The van der Waals surface area contributed by atoms with Gasteiger partial charge in [0.1, 0.15) is 0 Å². The molecule has 0 saturated carbocycles. The molecule has 0 spiro atoms. The van der Waals surface area contributed by atoms with E-state index in [2.05, 4.69) is 0 Å². The Balaban J connectivity index is 2.06. The zero-order valence-electron chi connectivity index (χ0n) is 18.4. The zero-order valence-corrected chi connectivity index (χ0v) is 19.2. The summed E-state index contributed by atoms with van der Waals surface area (Å²) in [5.41, 5.74) is -1.02. The second kappa shape index (κ2) is 8.89. The van der Waals surface area contributed by atoms with Gasteiger partial charge >= 0.3 is 11.9 Å². The van der Waals surface area contributed by atoms with Gasteiger partial charge in [-0.05, 0) is 5.56 Å². The van der Waals surface area contributed by atoms with Crippen LogP contribution < -0.4 is 0 Å². The molecule has 2 saturated heterocycles. The van der Waals surface area contributed by atoms with Crippen molar-refractivity contribution in [1.82, 2.24) is 0 Å². The highest BCUT2D eigenvalue weighted by Crippen LogP contribution is 2.57. The van der Waals surface area contributed by atoms with E-state index in [1.54, 1.807) is 60.7 Å². The first-order chi connectivity index (χ1) is 15.8. The van der Waals surface area contributed by atoms with E-state index in [4.69, 9.17) is 18.9 Å². The molecule has 2 heterocycles. The summed E-state index contributed by atoms with van der Waals surface area (Å²) < 4.78 is 49.0. The average molecular weight is 475 g/mol. The Morgan fingerprint density at radius 2 is 1.36 bits per heavy atom. The molecule has 0 aromatic heterocycles. The molecule has 2 atom stereocenters. The highest BCUT2D eigenvalue weighted by atomic mass is 32.2. The van der Waals surface area contributed by atoms with Crippen molar-refractivity contribution in [2.45, 2.75) is 11.7 Å². The molecule has 9 heteroatoms. The summed E-state index contributed by atoms with van der Waals surface area (Å²) in [5.74, 6) is -6.73. The van der Waals surface area contributed by atoms with Gasteiger partial charge in [0.05, 0.1) is 44.9 Å². The van der Waals surface area contributed by atoms with Crippen LogP contribution in [0.15, 0.2) is 60.7 Å². The van der Waals surface area contributed by atoms with Crippen molar-refractivity contribution >= 4 is 21.8 Å². The van der Waals surface area contributed by atoms with Crippen molar-refractivity contribution in [2.24, 2.45) is 11.3 Å². The van der Waals surface area contributed by atoms with Crippen LogP contribution in [0.3, 0.4) is 0 Å². The molecule has 2 fully saturated rings. The van der Waals surface area contributed by atoms with E-state index < -0.39 is 56.3 Å². The fraction of sp³-hybridized carbons (Fsp3) is 0.417. The highest BCUT2D eigenvalue weighted by Gasteiger charge is 2.71. The number of esters is 2. The van der Waals surface area contributed by atoms with Crippen molar-refractivity contribution in [1.29, 1.82) is 0 Å². The third-order valence-electron chi connectivity index (χ3n) is 6.54. The molecule has 0 amide bonds. The van der Waals surface area contributed by atoms with Gasteiger partial charge in [0.15, 0.2) is 15.3 Å². The molecule has 8 nitrogen and oxygen atoms in total. The SMILES string of the molecule is COC(=O)C1(C(=O)OC)C(c2ccccc2)CS(=O)(=O)CC1C1(c2ccccc2)OCCO1. The van der Waals surface area contributed by atoms with E-state index in [0.717, 1.165) is 0 Å². The summed E-state index contributed by atoms with van der Waals surface area (Å²) in [7, 11) is -1.41. The lowest BCUT2D eigenvalue weighted by molar-refractivity contribution is -0.239. The molecule has 4 rings (SSSR count). The van der Waals surface area contributed by atoms with Crippen LogP contribution in [0.25, 0.3) is 0 Å². The van der Waals surface area contributed by atoms with E-state index in [1.807, 2.05) is 0 Å². The van der Waals surface area contributed by atoms with Crippen LogP contribution in [0.1, 0.15) is 17.0 Å². The van der Waals surface area contributed by atoms with Crippen LogP contribution in [0, 0.1) is 11.3 Å². The van der Waals surface area contributed by atoms with Crippen LogP contribution in [0.2, 0.25) is 0 Å². The normalized spacial score (nSPS) is 25.2. The average Bonchev–Trinajstić information content (AvgIpc) is 3.34. The number of carbonyl (C=O) groups excluding carboxylic acids is 2. The fourth-order valence-corrected chi connectivity index (χ4v) is 7.28. The predicted octanol–water partition coefficient (Wildman–Crippen LogP) is 2.05. The van der Waals surface area contributed by atoms with Gasteiger partial charge in [-0.3, -0.25) is 9.59 Å². The molecular weight excluding hydrogens is 448 g/mol. The summed E-state index contributed by atoms with van der Waals surface area (Å²) in [6.45, 7) is 0.333. The number of hydrogen-bond acceptors (Lipinski definition) is 8. The quantitative estimate of drug-likeness (QED) is 0.479. The number of carbonyl (C=O) groups is 2. The van der Waals surface area contributed by atoms with Crippen molar-refractivity contribution in [3.63, 3.8) is 0 Å². The molecule has 0 radical (unpaired) electrons. The summed E-state index contributed by atoms with van der Waals surface area (Å²) >= 11 is 0. The molecule has 0 N–H and O–H groups in total. The van der Waals surface area contributed by atoms with E-state index in [0.29, 0.717) is 11.1 Å². The number of rotatable bonds is 5. The minimum absolute atomic E-state index is 0.167. The minimum Gasteiger partial charge on any atom is -0.468 e. The molecule has 0 aliphatic carbocycles. The Morgan fingerprint density at radius 3 is 1.88 bits per heavy atom. The highest BCUT2D eigenvalue weighted by molar-refractivity contribution is 7.91. The largest absolute Gasteiger partial charge is 0.468 e. The number of ether oxygens (including phenoxy) is 4. The van der Waals surface area contributed by atoms with Crippen LogP contribution in [-0.2, 0) is 44.2 Å². The molecule has 2 aromatic rings. The van der Waals surface area contributed by atoms with Gasteiger partial charge in [-0.2, -0.15) is 0 Å². The van der Waals surface area contributed by atoms with E-state index >= 15 is 0 Å². The summed E-state index contributed by atoms with van der Waals surface area (Å²) in [5, 5.41) is 0. The first kappa shape index (κ1) is 23.4. The minimum atomic E-state index is -3.74. The molecular formula is C24H26O8S. The molecule has 2 aliphatic rings. The van der Waals surface area contributed by atoms with Gasteiger partial charge < -0.3 is 18.9 Å². The van der Waals surface area contributed by atoms with Gasteiger partial charge in [0.25, 0.3) is 0 Å². The van der Waals surface area contributed by atoms with E-state index in [1.165, 1.54) is 14.2 Å². The summed E-state index contributed by atoms with van der Waals surface area (Å²) in [6.07, 6.45) is 0. The van der Waals surface area contributed by atoms with E-state index in [-0.39, 0.29) is 13.2 Å². The van der Waals surface area contributed by atoms with Crippen molar-refractivity contribution in [2.75, 3.05) is 38.9 Å². The van der Waals surface area contributed by atoms with Crippen LogP contribution >= 0.6 is 0 Å². The number of methoxy groups -OCH3 is 2. The fourth-order valence-electron chi connectivity index (χ4n) is 5.19. The Bertz CT molecular complexity index is 1090. The molecule has 2 aliphatic heterocycles. The second-order valence-electron chi connectivity index (χ2n) is 8.18. The predicted molar refractivity (Wildman–Crippen MR) is 118 cm³/mol. The third-order valence-corrected chi connectivity index (χ3v) is 8.22. The van der Waals surface area contributed by atoms with Crippen LogP contribution in [-0.4, -0.2) is 59.3 Å². The van der Waals surface area contributed by atoms with Gasteiger partial charge in [-0.25, -0.2) is 8.42 Å². The molecule has 176 valence electrons. The maximum atomic E-state index is 13.6. The van der Waals surface area contributed by atoms with Gasteiger partial charge in [-0.15, -0.1) is 0 Å². The van der Waals surface area contributed by atoms with Crippen molar-refractivity contribution in [3.8, 4) is 0 Å². The monoisotopic (exact) mass is 474 g/mol. The number of benzene rings is 2. The van der Waals surface area contributed by atoms with Gasteiger partial charge in [0.2, 0.25) is 5.79 Å².